The van der Waals surface area contributed by atoms with Gasteiger partial charge in [0.25, 0.3) is 0 Å². The van der Waals surface area contributed by atoms with Gasteiger partial charge in [-0.1, -0.05) is 11.6 Å². The molecule has 0 unspecified atom stereocenters. The topological polar surface area (TPSA) is 36.3 Å². The Morgan fingerprint density at radius 1 is 1.55 bits per heavy atom. The summed E-state index contributed by atoms with van der Waals surface area (Å²) in [7, 11) is 0. The van der Waals surface area contributed by atoms with Crippen molar-refractivity contribution in [1.82, 2.24) is 0 Å². The average Bonchev–Trinajstić information content (AvgIpc) is 2.94. The Kier molecular flexibility index (Phi) is 3.51. The van der Waals surface area contributed by atoms with Crippen LogP contribution in [0.2, 0.25) is 5.02 Å². The maximum atomic E-state index is 14.0. The second-order valence-corrected chi connectivity index (χ2v) is 5.59. The predicted octanol–water partition coefficient (Wildman–Crippen LogP) is 3.81. The Morgan fingerprint density at radius 2 is 2.40 bits per heavy atom. The van der Waals surface area contributed by atoms with Gasteiger partial charge >= 0.3 is 0 Å². The van der Waals surface area contributed by atoms with Crippen molar-refractivity contribution < 1.29 is 9.13 Å². The third-order valence-corrected chi connectivity index (χ3v) is 4.16. The summed E-state index contributed by atoms with van der Waals surface area (Å²) in [5.74, 6) is -0.219. The lowest BCUT2D eigenvalue weighted by Crippen LogP contribution is -2.33. The zero-order valence-corrected chi connectivity index (χ0v) is 12.0. The van der Waals surface area contributed by atoms with Crippen molar-refractivity contribution in [3.8, 4) is 11.8 Å². The second kappa shape index (κ2) is 5.31. The minimum absolute atomic E-state index is 0.0533. The first-order chi connectivity index (χ1) is 9.70. The van der Waals surface area contributed by atoms with Crippen LogP contribution in [0.25, 0.3) is 0 Å². The minimum Gasteiger partial charge on any atom is -0.489 e. The van der Waals surface area contributed by atoms with Crippen molar-refractivity contribution in [1.29, 1.82) is 5.26 Å². The number of halogens is 2. The van der Waals surface area contributed by atoms with Gasteiger partial charge in [-0.05, 0) is 22.4 Å². The molecule has 1 aromatic heterocycles. The zero-order valence-electron chi connectivity index (χ0n) is 10.4. The van der Waals surface area contributed by atoms with Crippen LogP contribution in [0.5, 0.6) is 5.75 Å². The Morgan fingerprint density at radius 3 is 3.10 bits per heavy atom. The fraction of sp³-hybridized carbons (Fsp3) is 0.214. The van der Waals surface area contributed by atoms with E-state index in [0.717, 1.165) is 5.56 Å². The van der Waals surface area contributed by atoms with E-state index < -0.39 is 5.82 Å². The van der Waals surface area contributed by atoms with Crippen LogP contribution in [0.15, 0.2) is 22.9 Å². The first kappa shape index (κ1) is 13.2. The molecule has 3 rings (SSSR count). The summed E-state index contributed by atoms with van der Waals surface area (Å²) in [5, 5.41) is 13.2. The minimum atomic E-state index is -0.686. The number of benzene rings is 1. The van der Waals surface area contributed by atoms with Crippen molar-refractivity contribution in [3.63, 3.8) is 0 Å². The molecule has 102 valence electrons. The molecule has 1 aromatic carbocycles. The lowest BCUT2D eigenvalue weighted by molar-refractivity contribution is 0.306. The summed E-state index contributed by atoms with van der Waals surface area (Å²) in [6, 6.07) is 5.34. The SMILES string of the molecule is N#Cc1c(F)c(Cl)cc2c1N(Cc1ccsc1)CCO2. The highest BCUT2D eigenvalue weighted by molar-refractivity contribution is 7.07. The van der Waals surface area contributed by atoms with Crippen LogP contribution in [-0.2, 0) is 6.54 Å². The Bertz CT molecular complexity index is 681. The van der Waals surface area contributed by atoms with Crippen LogP contribution < -0.4 is 9.64 Å². The molecule has 3 nitrogen and oxygen atoms in total. The molecule has 0 aliphatic carbocycles. The lowest BCUT2D eigenvalue weighted by Gasteiger charge is -2.32. The molecule has 0 amide bonds. The van der Waals surface area contributed by atoms with E-state index in [1.807, 2.05) is 27.8 Å². The van der Waals surface area contributed by atoms with Gasteiger partial charge < -0.3 is 9.64 Å². The summed E-state index contributed by atoms with van der Waals surface area (Å²) < 4.78 is 19.5. The zero-order chi connectivity index (χ0) is 14.1. The van der Waals surface area contributed by atoms with Crippen molar-refractivity contribution in [2.75, 3.05) is 18.1 Å². The molecular formula is C14H10ClFN2OS. The van der Waals surface area contributed by atoms with E-state index in [9.17, 15) is 9.65 Å². The predicted molar refractivity (Wildman–Crippen MR) is 77.0 cm³/mol. The first-order valence-corrected chi connectivity index (χ1v) is 7.33. The maximum absolute atomic E-state index is 14.0. The molecular weight excluding hydrogens is 299 g/mol. The van der Waals surface area contributed by atoms with E-state index in [1.54, 1.807) is 11.3 Å². The molecule has 2 heterocycles. The highest BCUT2D eigenvalue weighted by atomic mass is 35.5. The number of ether oxygens (including phenoxy) is 1. The number of rotatable bonds is 2. The number of nitriles is 1. The van der Waals surface area contributed by atoms with Gasteiger partial charge in [0, 0.05) is 12.6 Å². The molecule has 0 saturated heterocycles. The molecule has 0 fully saturated rings. The van der Waals surface area contributed by atoms with E-state index in [1.165, 1.54) is 6.07 Å². The molecule has 0 radical (unpaired) electrons. The number of hydrogen-bond donors (Lipinski definition) is 0. The monoisotopic (exact) mass is 308 g/mol. The lowest BCUT2D eigenvalue weighted by atomic mass is 10.1. The van der Waals surface area contributed by atoms with Gasteiger partial charge in [-0.2, -0.15) is 16.6 Å². The molecule has 0 bridgehead atoms. The average molecular weight is 309 g/mol. The van der Waals surface area contributed by atoms with E-state index in [4.69, 9.17) is 16.3 Å². The summed E-state index contributed by atoms with van der Waals surface area (Å²) in [6.07, 6.45) is 0. The highest BCUT2D eigenvalue weighted by Crippen LogP contribution is 2.40. The maximum Gasteiger partial charge on any atom is 0.161 e. The van der Waals surface area contributed by atoms with Gasteiger partial charge in [0.2, 0.25) is 0 Å². The molecule has 2 aromatic rings. The van der Waals surface area contributed by atoms with E-state index in [-0.39, 0.29) is 10.6 Å². The molecule has 1 aliphatic heterocycles. The number of thiophene rings is 1. The fourth-order valence-electron chi connectivity index (χ4n) is 2.26. The van der Waals surface area contributed by atoms with Crippen LogP contribution >= 0.6 is 22.9 Å². The normalized spacial score (nSPS) is 13.6. The molecule has 0 saturated carbocycles. The molecule has 6 heteroatoms. The standard InChI is InChI=1S/C14H10ClFN2OS/c15-11-5-12-14(10(6-17)13(11)16)18(2-3-19-12)7-9-1-4-20-8-9/h1,4-5,8H,2-3,7H2. The van der Waals surface area contributed by atoms with Crippen molar-refractivity contribution in [2.24, 2.45) is 0 Å². The third kappa shape index (κ3) is 2.21. The van der Waals surface area contributed by atoms with Crippen LogP contribution in [-0.4, -0.2) is 13.2 Å². The number of anilines is 1. The van der Waals surface area contributed by atoms with Crippen LogP contribution in [0.3, 0.4) is 0 Å². The Balaban J connectivity index is 2.07. The Hall–Kier alpha value is -1.77. The number of nitrogens with zero attached hydrogens (tertiary/aromatic N) is 2. The fourth-order valence-corrected chi connectivity index (χ4v) is 3.11. The summed E-state index contributed by atoms with van der Waals surface area (Å²) in [4.78, 5) is 1.96. The van der Waals surface area contributed by atoms with Gasteiger partial charge in [0.15, 0.2) is 5.82 Å². The number of hydrogen-bond acceptors (Lipinski definition) is 4. The van der Waals surface area contributed by atoms with Gasteiger partial charge in [-0.25, -0.2) is 4.39 Å². The van der Waals surface area contributed by atoms with Crippen molar-refractivity contribution in [2.45, 2.75) is 6.54 Å². The van der Waals surface area contributed by atoms with E-state index in [2.05, 4.69) is 0 Å². The van der Waals surface area contributed by atoms with Gasteiger partial charge in [0.05, 0.1) is 11.6 Å². The molecule has 20 heavy (non-hydrogen) atoms. The van der Waals surface area contributed by atoms with Crippen molar-refractivity contribution >= 4 is 28.6 Å². The summed E-state index contributed by atoms with van der Waals surface area (Å²) in [6.45, 7) is 1.72. The van der Waals surface area contributed by atoms with Crippen molar-refractivity contribution in [3.05, 3.63) is 44.9 Å². The summed E-state index contributed by atoms with van der Waals surface area (Å²) >= 11 is 7.40. The van der Waals surface area contributed by atoms with Crippen LogP contribution in [0.1, 0.15) is 11.1 Å². The van der Waals surface area contributed by atoms with Gasteiger partial charge in [0.1, 0.15) is 29.7 Å². The molecule has 1 aliphatic rings. The highest BCUT2D eigenvalue weighted by Gasteiger charge is 2.26. The second-order valence-electron chi connectivity index (χ2n) is 4.41. The third-order valence-electron chi connectivity index (χ3n) is 3.16. The molecule has 0 spiro atoms. The van der Waals surface area contributed by atoms with Crippen LogP contribution in [0.4, 0.5) is 10.1 Å². The van der Waals surface area contributed by atoms with E-state index in [0.29, 0.717) is 31.1 Å². The molecule has 0 N–H and O–H groups in total. The largest absolute Gasteiger partial charge is 0.489 e. The quantitative estimate of drug-likeness (QED) is 0.846. The number of fused-ring (bicyclic) bond motifs is 1. The van der Waals surface area contributed by atoms with Gasteiger partial charge in [-0.15, -0.1) is 0 Å². The molecule has 0 atom stereocenters. The first-order valence-electron chi connectivity index (χ1n) is 6.01. The smallest absolute Gasteiger partial charge is 0.161 e. The summed E-state index contributed by atoms with van der Waals surface area (Å²) in [5.41, 5.74) is 1.57. The van der Waals surface area contributed by atoms with Crippen LogP contribution in [0, 0.1) is 17.1 Å². The Labute approximate surface area is 124 Å². The van der Waals surface area contributed by atoms with E-state index >= 15 is 0 Å². The van der Waals surface area contributed by atoms with Gasteiger partial charge in [-0.3, -0.25) is 0 Å².